The maximum atomic E-state index is 13.0. The van der Waals surface area contributed by atoms with Crippen LogP contribution in [0.3, 0.4) is 0 Å². The number of piperazine rings is 1. The molecule has 2 aliphatic heterocycles. The zero-order valence-electron chi connectivity index (χ0n) is 17.8. The molecular weight excluding hydrogens is 395 g/mol. The molecule has 30 heavy (non-hydrogen) atoms. The van der Waals surface area contributed by atoms with E-state index in [-0.39, 0.29) is 0 Å². The summed E-state index contributed by atoms with van der Waals surface area (Å²) in [5.41, 5.74) is 2.47. The third-order valence-electron chi connectivity index (χ3n) is 5.90. The summed E-state index contributed by atoms with van der Waals surface area (Å²) in [5.74, 6) is 0.732. The summed E-state index contributed by atoms with van der Waals surface area (Å²) in [6, 6.07) is 6.92. The zero-order valence-corrected chi connectivity index (χ0v) is 17.8. The van der Waals surface area contributed by atoms with E-state index >= 15 is 0 Å². The van der Waals surface area contributed by atoms with Crippen molar-refractivity contribution in [3.8, 4) is 0 Å². The number of morpholine rings is 1. The highest BCUT2D eigenvalue weighted by atomic mass is 19.4. The molecule has 2 saturated heterocycles. The van der Waals surface area contributed by atoms with Gasteiger partial charge in [0.15, 0.2) is 5.96 Å². The molecule has 9 heteroatoms. The van der Waals surface area contributed by atoms with E-state index in [1.54, 1.807) is 7.05 Å². The number of benzene rings is 1. The first kappa shape index (κ1) is 22.8. The highest BCUT2D eigenvalue weighted by Crippen LogP contribution is 2.25. The average Bonchev–Trinajstić information content (AvgIpc) is 2.75. The fourth-order valence-electron chi connectivity index (χ4n) is 3.92. The van der Waals surface area contributed by atoms with Gasteiger partial charge in [-0.25, -0.2) is 0 Å². The average molecular weight is 428 g/mol. The molecule has 168 valence electrons. The maximum absolute atomic E-state index is 13.0. The molecule has 0 spiro atoms. The molecule has 0 aliphatic carbocycles. The van der Waals surface area contributed by atoms with Gasteiger partial charge in [-0.15, -0.1) is 0 Å². The third kappa shape index (κ3) is 6.09. The van der Waals surface area contributed by atoms with Crippen molar-refractivity contribution in [3.63, 3.8) is 0 Å². The lowest BCUT2D eigenvalue weighted by Gasteiger charge is -2.39. The Morgan fingerprint density at radius 1 is 1.07 bits per heavy atom. The second-order valence-corrected chi connectivity index (χ2v) is 7.80. The third-order valence-corrected chi connectivity index (χ3v) is 5.90. The standard InChI is InChI=1S/C21H32F3N5O/c1-17(21(22,23)24)28-7-9-29(10-8-28)20(25-2)26-15-18-5-3-4-6-19(18)16-27-11-13-30-14-12-27/h3-6,17H,7-16H2,1-2H3,(H,25,26). The number of alkyl halides is 3. The Bertz CT molecular complexity index is 698. The minimum Gasteiger partial charge on any atom is -0.379 e. The molecule has 2 aliphatic rings. The molecule has 1 aromatic rings. The predicted octanol–water partition coefficient (Wildman–Crippen LogP) is 2.16. The molecule has 0 radical (unpaired) electrons. The van der Waals surface area contributed by atoms with E-state index in [4.69, 9.17) is 4.74 Å². The van der Waals surface area contributed by atoms with Crippen LogP contribution in [0, 0.1) is 0 Å². The second-order valence-electron chi connectivity index (χ2n) is 7.80. The first-order valence-electron chi connectivity index (χ1n) is 10.5. The number of halogens is 3. The van der Waals surface area contributed by atoms with Gasteiger partial charge in [0.05, 0.1) is 13.2 Å². The summed E-state index contributed by atoms with van der Waals surface area (Å²) in [7, 11) is 1.71. The van der Waals surface area contributed by atoms with Gasteiger partial charge in [-0.1, -0.05) is 24.3 Å². The summed E-state index contributed by atoms with van der Waals surface area (Å²) < 4.78 is 44.3. The van der Waals surface area contributed by atoms with Gasteiger partial charge in [0.1, 0.15) is 6.04 Å². The fraction of sp³-hybridized carbons (Fsp3) is 0.667. The highest BCUT2D eigenvalue weighted by molar-refractivity contribution is 5.80. The van der Waals surface area contributed by atoms with Gasteiger partial charge < -0.3 is 15.0 Å². The summed E-state index contributed by atoms with van der Waals surface area (Å²) >= 11 is 0. The Balaban J connectivity index is 1.54. The van der Waals surface area contributed by atoms with E-state index in [0.29, 0.717) is 32.7 Å². The number of nitrogens with one attached hydrogen (secondary N) is 1. The van der Waals surface area contributed by atoms with Gasteiger partial charge in [-0.05, 0) is 18.1 Å². The van der Waals surface area contributed by atoms with E-state index in [2.05, 4.69) is 33.4 Å². The van der Waals surface area contributed by atoms with Gasteiger partial charge in [0, 0.05) is 59.4 Å². The molecule has 1 aromatic carbocycles. The second kappa shape index (κ2) is 10.5. The molecule has 0 aromatic heterocycles. The van der Waals surface area contributed by atoms with Crippen LogP contribution in [0.25, 0.3) is 0 Å². The van der Waals surface area contributed by atoms with Crippen molar-refractivity contribution in [2.75, 3.05) is 59.5 Å². The van der Waals surface area contributed by atoms with Crippen LogP contribution >= 0.6 is 0 Å². The maximum Gasteiger partial charge on any atom is 0.403 e. The SMILES string of the molecule is CN=C(NCc1ccccc1CN1CCOCC1)N1CCN(C(C)C(F)(F)F)CC1. The Kier molecular flexibility index (Phi) is 7.96. The summed E-state index contributed by atoms with van der Waals surface area (Å²) in [6.45, 7) is 7.94. The van der Waals surface area contributed by atoms with E-state index < -0.39 is 12.2 Å². The van der Waals surface area contributed by atoms with Crippen molar-refractivity contribution in [3.05, 3.63) is 35.4 Å². The molecule has 3 rings (SSSR count). The largest absolute Gasteiger partial charge is 0.403 e. The van der Waals surface area contributed by atoms with Crippen LogP contribution in [0.4, 0.5) is 13.2 Å². The zero-order chi connectivity index (χ0) is 21.6. The van der Waals surface area contributed by atoms with Crippen molar-refractivity contribution in [1.82, 2.24) is 20.0 Å². The molecule has 1 N–H and O–H groups in total. The van der Waals surface area contributed by atoms with Crippen LogP contribution in [0.1, 0.15) is 18.1 Å². The van der Waals surface area contributed by atoms with Crippen molar-refractivity contribution in [1.29, 1.82) is 0 Å². The number of hydrogen-bond donors (Lipinski definition) is 1. The first-order valence-corrected chi connectivity index (χ1v) is 10.5. The van der Waals surface area contributed by atoms with Gasteiger partial charge in [0.25, 0.3) is 0 Å². The smallest absolute Gasteiger partial charge is 0.379 e. The number of nitrogens with zero attached hydrogens (tertiary/aromatic N) is 4. The Hall–Kier alpha value is -1.84. The summed E-state index contributed by atoms with van der Waals surface area (Å²) in [4.78, 5) is 10.3. The van der Waals surface area contributed by atoms with Crippen molar-refractivity contribution in [2.24, 2.45) is 4.99 Å². The van der Waals surface area contributed by atoms with Gasteiger partial charge in [-0.3, -0.25) is 14.8 Å². The predicted molar refractivity (Wildman–Crippen MR) is 111 cm³/mol. The Labute approximate surface area is 176 Å². The van der Waals surface area contributed by atoms with E-state index in [1.165, 1.54) is 23.0 Å². The molecule has 6 nitrogen and oxygen atoms in total. The van der Waals surface area contributed by atoms with Crippen LogP contribution in [-0.2, 0) is 17.8 Å². The number of ether oxygens (including phenoxy) is 1. The quantitative estimate of drug-likeness (QED) is 0.576. The van der Waals surface area contributed by atoms with Crippen molar-refractivity contribution >= 4 is 5.96 Å². The topological polar surface area (TPSA) is 43.3 Å². The lowest BCUT2D eigenvalue weighted by molar-refractivity contribution is -0.181. The normalized spacial score (nSPS) is 21.0. The van der Waals surface area contributed by atoms with Gasteiger partial charge >= 0.3 is 6.18 Å². The molecule has 0 saturated carbocycles. The minimum absolute atomic E-state index is 0.370. The molecular formula is C21H32F3N5O. The molecule has 0 bridgehead atoms. The number of hydrogen-bond acceptors (Lipinski definition) is 4. The van der Waals surface area contributed by atoms with E-state index in [0.717, 1.165) is 38.8 Å². The lowest BCUT2D eigenvalue weighted by atomic mass is 10.1. The Morgan fingerprint density at radius 3 is 2.30 bits per heavy atom. The van der Waals surface area contributed by atoms with E-state index in [1.807, 2.05) is 11.0 Å². The summed E-state index contributed by atoms with van der Waals surface area (Å²) in [5, 5.41) is 3.40. The Morgan fingerprint density at radius 2 is 1.70 bits per heavy atom. The molecule has 2 fully saturated rings. The number of aliphatic imine (C=N–C) groups is 1. The number of guanidine groups is 1. The fourth-order valence-corrected chi connectivity index (χ4v) is 3.92. The van der Waals surface area contributed by atoms with Crippen LogP contribution in [0.5, 0.6) is 0 Å². The monoisotopic (exact) mass is 427 g/mol. The van der Waals surface area contributed by atoms with Gasteiger partial charge in [-0.2, -0.15) is 13.2 Å². The van der Waals surface area contributed by atoms with Crippen molar-refractivity contribution in [2.45, 2.75) is 32.2 Å². The van der Waals surface area contributed by atoms with Gasteiger partial charge in [0.2, 0.25) is 0 Å². The van der Waals surface area contributed by atoms with Crippen LogP contribution in [-0.4, -0.2) is 92.4 Å². The van der Waals surface area contributed by atoms with Crippen LogP contribution < -0.4 is 5.32 Å². The van der Waals surface area contributed by atoms with Crippen molar-refractivity contribution < 1.29 is 17.9 Å². The first-order chi connectivity index (χ1) is 14.4. The number of rotatable bonds is 5. The van der Waals surface area contributed by atoms with Crippen LogP contribution in [0.15, 0.2) is 29.3 Å². The molecule has 0 amide bonds. The van der Waals surface area contributed by atoms with E-state index in [9.17, 15) is 13.2 Å². The highest BCUT2D eigenvalue weighted by Gasteiger charge is 2.41. The minimum atomic E-state index is -4.19. The summed E-state index contributed by atoms with van der Waals surface area (Å²) in [6.07, 6.45) is -4.19. The molecule has 2 heterocycles. The molecule has 1 atom stereocenters. The molecule has 1 unspecified atom stereocenters. The van der Waals surface area contributed by atoms with Crippen LogP contribution in [0.2, 0.25) is 0 Å². The lowest BCUT2D eigenvalue weighted by Crippen LogP contribution is -2.56.